The van der Waals surface area contributed by atoms with Crippen LogP contribution in [0.4, 0.5) is 0 Å². The molecular weight excluding hydrogens is 208 g/mol. The topological polar surface area (TPSA) is 101 Å². The quantitative estimate of drug-likeness (QED) is 0.511. The number of carboxylic acid groups (broad SMARTS) is 1. The molecule has 0 aliphatic heterocycles. The van der Waals surface area contributed by atoms with Crippen LogP contribution in [-0.4, -0.2) is 46.1 Å². The first-order valence-electron chi connectivity index (χ1n) is 3.82. The number of hydrogen-bond acceptors (Lipinski definition) is 5. The first kappa shape index (κ1) is 12.9. The fraction of sp³-hybridized carbons (Fsp3) is 0.571. The second-order valence-corrected chi connectivity index (χ2v) is 2.89. The zero-order valence-electron chi connectivity index (χ0n) is 7.64. The van der Waals surface area contributed by atoms with Crippen molar-refractivity contribution in [3.8, 4) is 0 Å². The third-order valence-electron chi connectivity index (χ3n) is 1.55. The Labute approximate surface area is 86.5 Å². The second kappa shape index (κ2) is 5.61. The smallest absolute Gasteiger partial charge is 0.327 e. The third-order valence-corrected chi connectivity index (χ3v) is 1.90. The van der Waals surface area contributed by atoms with Crippen LogP contribution in [-0.2, 0) is 14.4 Å². The van der Waals surface area contributed by atoms with Crippen molar-refractivity contribution in [2.75, 3.05) is 12.3 Å². The highest BCUT2D eigenvalue weighted by molar-refractivity contribution is 7.80. The van der Waals surface area contributed by atoms with Crippen LogP contribution in [0.25, 0.3) is 0 Å². The average Bonchev–Trinajstić information content (AvgIpc) is 2.11. The third kappa shape index (κ3) is 3.00. The van der Waals surface area contributed by atoms with Gasteiger partial charge in [0.05, 0.1) is 6.54 Å². The van der Waals surface area contributed by atoms with Gasteiger partial charge in [-0.05, 0) is 0 Å². The molecule has 0 aromatic carbocycles. The van der Waals surface area contributed by atoms with Crippen molar-refractivity contribution in [3.05, 3.63) is 0 Å². The summed E-state index contributed by atoms with van der Waals surface area (Å²) >= 11 is 3.75. The average molecular weight is 220 g/mol. The minimum Gasteiger partial charge on any atom is -0.480 e. The molecule has 0 bridgehead atoms. The van der Waals surface area contributed by atoms with Gasteiger partial charge in [0.1, 0.15) is 6.04 Å². The van der Waals surface area contributed by atoms with Gasteiger partial charge in [-0.2, -0.15) is 12.6 Å². The molecule has 0 aliphatic rings. The van der Waals surface area contributed by atoms with Crippen molar-refractivity contribution in [3.63, 3.8) is 0 Å². The Kier molecular flexibility index (Phi) is 5.18. The number of aliphatic carboxylic acids is 1. The standard InChI is InChI=1S/C7H12N2O4S/c1-4(10)9(6(11)2-8)5(3-14)7(12)13/h5,14H,2-3,8H2,1H3,(H,12,13)/t5-/m0/s1. The maximum absolute atomic E-state index is 11.1. The van der Waals surface area contributed by atoms with Crippen LogP contribution >= 0.6 is 12.6 Å². The van der Waals surface area contributed by atoms with Crippen LogP contribution in [0.3, 0.4) is 0 Å². The van der Waals surface area contributed by atoms with Crippen LogP contribution < -0.4 is 5.73 Å². The molecular formula is C7H12N2O4S. The monoisotopic (exact) mass is 220 g/mol. The van der Waals surface area contributed by atoms with Crippen molar-refractivity contribution in [1.82, 2.24) is 4.90 Å². The summed E-state index contributed by atoms with van der Waals surface area (Å²) in [6, 6.07) is -1.26. The number of rotatable bonds is 4. The van der Waals surface area contributed by atoms with Crippen molar-refractivity contribution in [2.45, 2.75) is 13.0 Å². The molecule has 0 heterocycles. The van der Waals surface area contributed by atoms with E-state index in [-0.39, 0.29) is 5.75 Å². The first-order valence-corrected chi connectivity index (χ1v) is 4.45. The van der Waals surface area contributed by atoms with Crippen LogP contribution in [0.5, 0.6) is 0 Å². The molecule has 0 spiro atoms. The molecule has 0 aromatic heterocycles. The van der Waals surface area contributed by atoms with Crippen LogP contribution in [0, 0.1) is 0 Å². The highest BCUT2D eigenvalue weighted by Gasteiger charge is 2.30. The molecule has 0 fully saturated rings. The lowest BCUT2D eigenvalue weighted by Gasteiger charge is -2.24. The van der Waals surface area contributed by atoms with Crippen molar-refractivity contribution in [2.24, 2.45) is 5.73 Å². The molecule has 1 atom stereocenters. The molecule has 6 nitrogen and oxygen atoms in total. The number of carbonyl (C=O) groups is 3. The molecule has 0 unspecified atom stereocenters. The lowest BCUT2D eigenvalue weighted by molar-refractivity contribution is -0.155. The summed E-state index contributed by atoms with van der Waals surface area (Å²) in [5, 5.41) is 8.70. The second-order valence-electron chi connectivity index (χ2n) is 2.52. The largest absolute Gasteiger partial charge is 0.480 e. The Morgan fingerprint density at radius 1 is 1.50 bits per heavy atom. The van der Waals surface area contributed by atoms with Gasteiger partial charge in [-0.1, -0.05) is 0 Å². The summed E-state index contributed by atoms with van der Waals surface area (Å²) in [5.41, 5.74) is 5.04. The Morgan fingerprint density at radius 3 is 2.21 bits per heavy atom. The van der Waals surface area contributed by atoms with E-state index < -0.39 is 30.4 Å². The number of nitrogens with two attached hydrogens (primary N) is 1. The van der Waals surface area contributed by atoms with E-state index in [1.807, 2.05) is 0 Å². The van der Waals surface area contributed by atoms with Gasteiger partial charge in [0.2, 0.25) is 11.8 Å². The van der Waals surface area contributed by atoms with E-state index in [2.05, 4.69) is 12.6 Å². The van der Waals surface area contributed by atoms with Crippen LogP contribution in [0.2, 0.25) is 0 Å². The number of hydrogen-bond donors (Lipinski definition) is 3. The Morgan fingerprint density at radius 2 is 2.00 bits per heavy atom. The van der Waals surface area contributed by atoms with E-state index in [0.29, 0.717) is 4.90 Å². The predicted octanol–water partition coefficient (Wildman–Crippen LogP) is -1.30. The predicted molar refractivity (Wildman–Crippen MR) is 51.9 cm³/mol. The van der Waals surface area contributed by atoms with Gasteiger partial charge in [0.25, 0.3) is 0 Å². The molecule has 2 amide bonds. The molecule has 14 heavy (non-hydrogen) atoms. The normalized spacial score (nSPS) is 11.9. The molecule has 0 saturated heterocycles. The molecule has 80 valence electrons. The minimum absolute atomic E-state index is 0.138. The number of carbonyl (C=O) groups excluding carboxylic acids is 2. The van der Waals surface area contributed by atoms with E-state index >= 15 is 0 Å². The molecule has 0 saturated carbocycles. The molecule has 3 N–H and O–H groups in total. The number of carboxylic acids is 1. The van der Waals surface area contributed by atoms with E-state index in [0.717, 1.165) is 6.92 Å². The highest BCUT2D eigenvalue weighted by atomic mass is 32.1. The maximum atomic E-state index is 11.1. The van der Waals surface area contributed by atoms with Gasteiger partial charge in [0.15, 0.2) is 0 Å². The number of nitrogens with zero attached hydrogens (tertiary/aromatic N) is 1. The van der Waals surface area contributed by atoms with Crippen molar-refractivity contribution >= 4 is 30.4 Å². The van der Waals surface area contributed by atoms with Gasteiger partial charge in [0, 0.05) is 12.7 Å². The van der Waals surface area contributed by atoms with Crippen LogP contribution in [0.15, 0.2) is 0 Å². The summed E-state index contributed by atoms with van der Waals surface area (Å²) in [6.45, 7) is 0.698. The van der Waals surface area contributed by atoms with E-state index in [1.54, 1.807) is 0 Å². The van der Waals surface area contributed by atoms with Crippen LogP contribution in [0.1, 0.15) is 6.92 Å². The molecule has 7 heteroatoms. The van der Waals surface area contributed by atoms with Crippen molar-refractivity contribution < 1.29 is 19.5 Å². The zero-order chi connectivity index (χ0) is 11.3. The summed E-state index contributed by atoms with van der Waals surface area (Å²) in [4.78, 5) is 33.4. The van der Waals surface area contributed by atoms with Gasteiger partial charge >= 0.3 is 5.97 Å². The highest BCUT2D eigenvalue weighted by Crippen LogP contribution is 2.03. The summed E-state index contributed by atoms with van der Waals surface area (Å²) in [6.07, 6.45) is 0. The Hall–Kier alpha value is -1.08. The zero-order valence-corrected chi connectivity index (χ0v) is 8.53. The van der Waals surface area contributed by atoms with Crippen molar-refractivity contribution in [1.29, 1.82) is 0 Å². The summed E-state index contributed by atoms with van der Waals surface area (Å²) in [5.74, 6) is -2.79. The van der Waals surface area contributed by atoms with E-state index in [4.69, 9.17) is 10.8 Å². The number of thiol groups is 1. The van der Waals surface area contributed by atoms with Gasteiger partial charge in [-0.25, -0.2) is 4.79 Å². The number of amides is 2. The molecule has 0 aliphatic carbocycles. The minimum atomic E-state index is -1.28. The van der Waals surface area contributed by atoms with Gasteiger partial charge in [-0.3, -0.25) is 14.5 Å². The molecule has 0 radical (unpaired) electrons. The maximum Gasteiger partial charge on any atom is 0.327 e. The van der Waals surface area contributed by atoms with Gasteiger partial charge < -0.3 is 10.8 Å². The molecule has 0 aromatic rings. The first-order chi connectivity index (χ1) is 6.45. The van der Waals surface area contributed by atoms with E-state index in [1.165, 1.54) is 0 Å². The fourth-order valence-electron chi connectivity index (χ4n) is 0.937. The lowest BCUT2D eigenvalue weighted by Crippen LogP contribution is -2.50. The number of imide groups is 1. The molecule has 0 rings (SSSR count). The Bertz CT molecular complexity index is 256. The van der Waals surface area contributed by atoms with E-state index in [9.17, 15) is 14.4 Å². The lowest BCUT2D eigenvalue weighted by atomic mass is 10.2. The SMILES string of the molecule is CC(=O)N(C(=O)CN)[C@@H](CS)C(=O)O. The fourth-order valence-corrected chi connectivity index (χ4v) is 1.26. The summed E-state index contributed by atoms with van der Waals surface area (Å²) < 4.78 is 0. The van der Waals surface area contributed by atoms with Gasteiger partial charge in [-0.15, -0.1) is 0 Å². The summed E-state index contributed by atoms with van der Waals surface area (Å²) in [7, 11) is 0. The Balaban J connectivity index is 4.88.